The first-order valence-electron chi connectivity index (χ1n) is 6.52. The van der Waals surface area contributed by atoms with E-state index >= 15 is 0 Å². The molecule has 0 aliphatic carbocycles. The number of aromatic amines is 1. The van der Waals surface area contributed by atoms with Crippen LogP contribution in [-0.4, -0.2) is 42.3 Å². The highest BCUT2D eigenvalue weighted by Gasteiger charge is 2.45. The molecule has 0 bridgehead atoms. The first-order valence-corrected chi connectivity index (χ1v) is 6.99. The zero-order valence-electron chi connectivity index (χ0n) is 11.5. The number of nitrogens with one attached hydrogen (secondary N) is 1. The lowest BCUT2D eigenvalue weighted by atomic mass is 10.1. The van der Waals surface area contributed by atoms with Gasteiger partial charge in [0.25, 0.3) is 0 Å². The van der Waals surface area contributed by atoms with Crippen LogP contribution in [0.2, 0.25) is 0 Å². The minimum atomic E-state index is -4.58. The molecule has 0 amide bonds. The molecule has 0 aliphatic rings. The van der Waals surface area contributed by atoms with Crippen molar-refractivity contribution in [3.63, 3.8) is 0 Å². The highest BCUT2D eigenvalue weighted by Crippen LogP contribution is 2.33. The van der Waals surface area contributed by atoms with Gasteiger partial charge in [-0.25, -0.2) is 9.97 Å². The number of aromatic nitrogens is 5. The molecule has 3 rings (SSSR count). The molecule has 10 heteroatoms. The second kappa shape index (κ2) is 5.70. The molecule has 3 aromatic heterocycles. The molecule has 0 fully saturated rings. The average molecular weight is 340 g/mol. The Hall–Kier alpha value is -2.33. The number of hydrogen-bond donors (Lipinski definition) is 2. The summed E-state index contributed by atoms with van der Waals surface area (Å²) >= 11 is 4.56. The lowest BCUT2D eigenvalue weighted by Gasteiger charge is -2.23. The Kier molecular flexibility index (Phi) is 3.86. The van der Waals surface area contributed by atoms with Crippen molar-refractivity contribution < 1.29 is 13.2 Å². The highest BCUT2D eigenvalue weighted by molar-refractivity contribution is 7.79. The number of H-pyrrole nitrogens is 1. The Morgan fingerprint density at radius 1 is 1.35 bits per heavy atom. The average Bonchev–Trinajstić information content (AvgIpc) is 3.14. The molecule has 2 atom stereocenters. The zero-order valence-corrected chi connectivity index (χ0v) is 12.3. The zero-order chi connectivity index (χ0) is 16.6. The second-order valence-corrected chi connectivity index (χ2v) is 5.14. The molecule has 0 saturated heterocycles. The maximum atomic E-state index is 13.2. The summed E-state index contributed by atoms with van der Waals surface area (Å²) in [5, 5.41) is 5.37. The normalized spacial score (nSPS) is 14.8. The van der Waals surface area contributed by atoms with Gasteiger partial charge < -0.3 is 10.7 Å². The Balaban J connectivity index is 2.06. The van der Waals surface area contributed by atoms with Crippen LogP contribution in [0.25, 0.3) is 22.3 Å². The lowest BCUT2D eigenvalue weighted by molar-refractivity contribution is -0.170. The third kappa shape index (κ3) is 2.82. The third-order valence-corrected chi connectivity index (χ3v) is 3.69. The van der Waals surface area contributed by atoms with Crippen LogP contribution in [-0.2, 0) is 0 Å². The molecule has 6 nitrogen and oxygen atoms in total. The maximum Gasteiger partial charge on any atom is 0.412 e. The standard InChI is InChI=1S/C13H11F3N6S/c14-13(15,16)11(9(17)5-23)22-4-7(3-21-22)10-8-1-2-18-12(8)20-6-19-10/h1-6,9,11H,17H2,(H,18,19,20)/t9?,11-/m1/s1. The molecule has 3 heterocycles. The van der Waals surface area contributed by atoms with Crippen LogP contribution < -0.4 is 5.73 Å². The molecular formula is C13H11F3N6S. The molecule has 0 aliphatic heterocycles. The fourth-order valence-corrected chi connectivity index (χ4v) is 2.48. The summed E-state index contributed by atoms with van der Waals surface area (Å²) in [6.07, 6.45) is 0.992. The van der Waals surface area contributed by atoms with Crippen molar-refractivity contribution in [1.82, 2.24) is 24.7 Å². The minimum Gasteiger partial charge on any atom is -0.346 e. The predicted molar refractivity (Wildman–Crippen MR) is 81.8 cm³/mol. The van der Waals surface area contributed by atoms with Gasteiger partial charge in [0.1, 0.15) is 12.0 Å². The van der Waals surface area contributed by atoms with E-state index in [1.54, 1.807) is 12.3 Å². The van der Waals surface area contributed by atoms with E-state index in [1.165, 1.54) is 18.7 Å². The van der Waals surface area contributed by atoms with Gasteiger partial charge in [-0.1, -0.05) is 12.2 Å². The smallest absolute Gasteiger partial charge is 0.346 e. The Bertz CT molecular complexity index is 839. The Labute approximate surface area is 133 Å². The maximum absolute atomic E-state index is 13.2. The summed E-state index contributed by atoms with van der Waals surface area (Å²) in [4.78, 5) is 11.1. The van der Waals surface area contributed by atoms with Gasteiger partial charge in [-0.3, -0.25) is 4.68 Å². The van der Waals surface area contributed by atoms with Gasteiger partial charge in [0, 0.05) is 23.3 Å². The van der Waals surface area contributed by atoms with E-state index < -0.39 is 18.3 Å². The molecular weight excluding hydrogens is 329 g/mol. The summed E-state index contributed by atoms with van der Waals surface area (Å²) in [6.45, 7) is 0. The quantitative estimate of drug-likeness (QED) is 0.712. The van der Waals surface area contributed by atoms with Crippen molar-refractivity contribution in [3.8, 4) is 11.3 Å². The van der Waals surface area contributed by atoms with E-state index in [9.17, 15) is 13.2 Å². The molecule has 1 unspecified atom stereocenters. The second-order valence-electron chi connectivity index (χ2n) is 4.87. The van der Waals surface area contributed by atoms with E-state index in [-0.39, 0.29) is 0 Å². The monoisotopic (exact) mass is 340 g/mol. The van der Waals surface area contributed by atoms with Gasteiger partial charge in [0.05, 0.1) is 17.9 Å². The van der Waals surface area contributed by atoms with Gasteiger partial charge in [-0.15, -0.1) is 0 Å². The Morgan fingerprint density at radius 2 is 2.13 bits per heavy atom. The van der Waals surface area contributed by atoms with Crippen molar-refractivity contribution in [1.29, 1.82) is 0 Å². The molecule has 120 valence electrons. The van der Waals surface area contributed by atoms with Gasteiger partial charge in [-0.05, 0) is 11.4 Å². The molecule has 0 aromatic carbocycles. The number of fused-ring (bicyclic) bond motifs is 1. The van der Waals surface area contributed by atoms with Crippen LogP contribution in [0.3, 0.4) is 0 Å². The van der Waals surface area contributed by atoms with Crippen molar-refractivity contribution >= 4 is 28.6 Å². The number of hydrogen-bond acceptors (Lipinski definition) is 5. The van der Waals surface area contributed by atoms with Crippen molar-refractivity contribution in [2.24, 2.45) is 5.73 Å². The number of nitrogens with zero attached hydrogens (tertiary/aromatic N) is 4. The minimum absolute atomic E-state index is 0.433. The van der Waals surface area contributed by atoms with Gasteiger partial charge in [0.2, 0.25) is 0 Å². The molecule has 3 aromatic rings. The van der Waals surface area contributed by atoms with Gasteiger partial charge in [0.15, 0.2) is 6.04 Å². The third-order valence-electron chi connectivity index (χ3n) is 3.37. The first kappa shape index (κ1) is 15.6. The number of halogens is 3. The Morgan fingerprint density at radius 3 is 2.83 bits per heavy atom. The van der Waals surface area contributed by atoms with Gasteiger partial charge in [-0.2, -0.15) is 18.3 Å². The topological polar surface area (TPSA) is 85.4 Å². The van der Waals surface area contributed by atoms with Crippen LogP contribution in [0, 0.1) is 0 Å². The van der Waals surface area contributed by atoms with Crippen molar-refractivity contribution in [2.75, 3.05) is 0 Å². The van der Waals surface area contributed by atoms with Crippen LogP contribution >= 0.6 is 12.2 Å². The van der Waals surface area contributed by atoms with E-state index in [2.05, 4.69) is 32.3 Å². The molecule has 23 heavy (non-hydrogen) atoms. The molecule has 0 saturated carbocycles. The summed E-state index contributed by atoms with van der Waals surface area (Å²) in [7, 11) is 0. The summed E-state index contributed by atoms with van der Waals surface area (Å²) in [5.41, 5.74) is 6.99. The summed E-state index contributed by atoms with van der Waals surface area (Å²) in [5.74, 6) is 0. The van der Waals surface area contributed by atoms with Crippen molar-refractivity contribution in [2.45, 2.75) is 18.3 Å². The largest absolute Gasteiger partial charge is 0.412 e. The van der Waals surface area contributed by atoms with Crippen LogP contribution in [0.1, 0.15) is 6.04 Å². The molecule has 0 spiro atoms. The molecule has 0 radical (unpaired) electrons. The van der Waals surface area contributed by atoms with E-state index in [4.69, 9.17) is 5.73 Å². The predicted octanol–water partition coefficient (Wildman–Crippen LogP) is 2.25. The summed E-state index contributed by atoms with van der Waals surface area (Å²) < 4.78 is 40.4. The van der Waals surface area contributed by atoms with E-state index in [1.807, 2.05) is 0 Å². The first-order chi connectivity index (χ1) is 10.9. The highest BCUT2D eigenvalue weighted by atomic mass is 32.1. The lowest BCUT2D eigenvalue weighted by Crippen LogP contribution is -2.42. The number of thiocarbonyl (C=S) groups is 1. The number of nitrogens with two attached hydrogens (primary N) is 1. The van der Waals surface area contributed by atoms with E-state index in [0.717, 1.165) is 10.0 Å². The van der Waals surface area contributed by atoms with Crippen LogP contribution in [0.4, 0.5) is 13.2 Å². The van der Waals surface area contributed by atoms with E-state index in [0.29, 0.717) is 22.3 Å². The van der Waals surface area contributed by atoms with Gasteiger partial charge >= 0.3 is 6.18 Å². The van der Waals surface area contributed by atoms with Crippen LogP contribution in [0.15, 0.2) is 31.0 Å². The number of rotatable bonds is 4. The molecule has 3 N–H and O–H groups in total. The summed E-state index contributed by atoms with van der Waals surface area (Å²) in [6, 6.07) is -1.67. The number of alkyl halides is 3. The van der Waals surface area contributed by atoms with Crippen molar-refractivity contribution in [3.05, 3.63) is 31.0 Å². The van der Waals surface area contributed by atoms with Crippen LogP contribution in [0.5, 0.6) is 0 Å². The fraction of sp³-hybridized carbons (Fsp3) is 0.231. The SMILES string of the molecule is NC(C=S)[C@@H](n1cc(-c2ncnc3[nH]ccc23)cn1)C(F)(F)F. The fourth-order valence-electron chi connectivity index (χ4n) is 2.33.